The van der Waals surface area contributed by atoms with Crippen LogP contribution in [0.15, 0.2) is 24.3 Å². The van der Waals surface area contributed by atoms with E-state index in [0.29, 0.717) is 5.92 Å². The van der Waals surface area contributed by atoms with Crippen LogP contribution in [-0.2, 0) is 10.2 Å². The van der Waals surface area contributed by atoms with Crippen LogP contribution in [-0.4, -0.2) is 24.9 Å². The van der Waals surface area contributed by atoms with Crippen molar-refractivity contribution in [2.75, 3.05) is 19.8 Å². The van der Waals surface area contributed by atoms with Crippen molar-refractivity contribution in [1.29, 1.82) is 0 Å². The molecule has 0 aromatic heterocycles. The number of hydrogen-bond donors (Lipinski definition) is 2. The SMILES string of the molecule is NCC1(c2ccc(C(O)C3CCOCC3)cc2)CC1. The number of aliphatic hydroxyl groups excluding tert-OH is 1. The van der Waals surface area contributed by atoms with E-state index in [0.717, 1.165) is 38.2 Å². The van der Waals surface area contributed by atoms with Gasteiger partial charge in [-0.05, 0) is 42.7 Å². The molecule has 1 aromatic rings. The first-order chi connectivity index (χ1) is 9.25. The highest BCUT2D eigenvalue weighted by atomic mass is 16.5. The Morgan fingerprint density at radius 1 is 1.21 bits per heavy atom. The maximum absolute atomic E-state index is 10.4. The molecule has 1 saturated heterocycles. The highest BCUT2D eigenvalue weighted by Gasteiger charge is 2.42. The summed E-state index contributed by atoms with van der Waals surface area (Å²) in [7, 11) is 0. The van der Waals surface area contributed by atoms with Crippen LogP contribution >= 0.6 is 0 Å². The number of rotatable bonds is 4. The summed E-state index contributed by atoms with van der Waals surface area (Å²) in [6.45, 7) is 2.28. The van der Waals surface area contributed by atoms with Gasteiger partial charge in [-0.2, -0.15) is 0 Å². The maximum atomic E-state index is 10.4. The number of hydrogen-bond acceptors (Lipinski definition) is 3. The van der Waals surface area contributed by atoms with E-state index in [-0.39, 0.29) is 11.5 Å². The van der Waals surface area contributed by atoms with Gasteiger partial charge in [-0.15, -0.1) is 0 Å². The third-order valence-corrected chi connectivity index (χ3v) is 4.82. The van der Waals surface area contributed by atoms with E-state index < -0.39 is 0 Å². The summed E-state index contributed by atoms with van der Waals surface area (Å²) in [4.78, 5) is 0. The summed E-state index contributed by atoms with van der Waals surface area (Å²) < 4.78 is 5.35. The molecule has 1 aliphatic heterocycles. The lowest BCUT2D eigenvalue weighted by Crippen LogP contribution is -2.22. The van der Waals surface area contributed by atoms with Gasteiger partial charge in [0.2, 0.25) is 0 Å². The van der Waals surface area contributed by atoms with Crippen LogP contribution in [0.25, 0.3) is 0 Å². The zero-order valence-corrected chi connectivity index (χ0v) is 11.3. The van der Waals surface area contributed by atoms with Crippen molar-refractivity contribution in [2.45, 2.75) is 37.2 Å². The molecule has 3 nitrogen and oxygen atoms in total. The maximum Gasteiger partial charge on any atom is 0.0819 e. The lowest BCUT2D eigenvalue weighted by Gasteiger charge is -2.27. The van der Waals surface area contributed by atoms with Gasteiger partial charge in [-0.1, -0.05) is 24.3 Å². The van der Waals surface area contributed by atoms with Gasteiger partial charge in [0.05, 0.1) is 6.10 Å². The minimum absolute atomic E-state index is 0.238. The zero-order chi connectivity index (χ0) is 13.3. The van der Waals surface area contributed by atoms with Crippen molar-refractivity contribution < 1.29 is 9.84 Å². The Balaban J connectivity index is 1.71. The van der Waals surface area contributed by atoms with Gasteiger partial charge in [0, 0.05) is 25.2 Å². The summed E-state index contributed by atoms with van der Waals surface area (Å²) >= 11 is 0. The van der Waals surface area contributed by atoms with Crippen LogP contribution in [0.2, 0.25) is 0 Å². The first kappa shape index (κ1) is 13.1. The summed E-state index contributed by atoms with van der Waals surface area (Å²) in [5.74, 6) is 0.337. The fourth-order valence-corrected chi connectivity index (χ4v) is 3.10. The van der Waals surface area contributed by atoms with Crippen LogP contribution < -0.4 is 5.73 Å². The smallest absolute Gasteiger partial charge is 0.0819 e. The quantitative estimate of drug-likeness (QED) is 0.873. The molecule has 1 aliphatic carbocycles. The van der Waals surface area contributed by atoms with Gasteiger partial charge < -0.3 is 15.6 Å². The van der Waals surface area contributed by atoms with E-state index in [9.17, 15) is 5.11 Å². The Hall–Kier alpha value is -0.900. The van der Waals surface area contributed by atoms with Gasteiger partial charge in [-0.25, -0.2) is 0 Å². The fraction of sp³-hybridized carbons (Fsp3) is 0.625. The largest absolute Gasteiger partial charge is 0.388 e. The van der Waals surface area contributed by atoms with Crippen molar-refractivity contribution in [1.82, 2.24) is 0 Å². The second-order valence-corrected chi connectivity index (χ2v) is 6.00. The van der Waals surface area contributed by atoms with Gasteiger partial charge >= 0.3 is 0 Å². The standard InChI is InChI=1S/C16H23NO2/c17-11-16(7-8-16)14-3-1-12(2-4-14)15(18)13-5-9-19-10-6-13/h1-4,13,15,18H,5-11,17H2. The number of nitrogens with two attached hydrogens (primary N) is 1. The van der Waals surface area contributed by atoms with Gasteiger partial charge in [0.1, 0.15) is 0 Å². The Bertz CT molecular complexity index is 419. The van der Waals surface area contributed by atoms with Crippen molar-refractivity contribution in [3.05, 3.63) is 35.4 Å². The minimum Gasteiger partial charge on any atom is -0.388 e. The Morgan fingerprint density at radius 3 is 2.37 bits per heavy atom. The first-order valence-electron chi connectivity index (χ1n) is 7.31. The topological polar surface area (TPSA) is 55.5 Å². The Labute approximate surface area is 114 Å². The van der Waals surface area contributed by atoms with Crippen LogP contribution in [0.1, 0.15) is 42.9 Å². The minimum atomic E-state index is -0.356. The molecule has 1 saturated carbocycles. The third kappa shape index (κ3) is 2.55. The molecule has 0 bridgehead atoms. The van der Waals surface area contributed by atoms with Crippen molar-refractivity contribution in [3.63, 3.8) is 0 Å². The van der Waals surface area contributed by atoms with Gasteiger partial charge in [-0.3, -0.25) is 0 Å². The number of ether oxygens (including phenoxy) is 1. The normalized spacial score (nSPS) is 24.1. The van der Waals surface area contributed by atoms with E-state index in [1.807, 2.05) is 0 Å². The first-order valence-corrected chi connectivity index (χ1v) is 7.31. The number of aliphatic hydroxyl groups is 1. The molecule has 1 atom stereocenters. The zero-order valence-electron chi connectivity index (χ0n) is 11.3. The summed E-state index contributed by atoms with van der Waals surface area (Å²) in [6, 6.07) is 8.45. The van der Waals surface area contributed by atoms with Crippen molar-refractivity contribution in [2.24, 2.45) is 11.7 Å². The molecule has 0 amide bonds. The van der Waals surface area contributed by atoms with Gasteiger partial charge in [0.15, 0.2) is 0 Å². The second kappa shape index (κ2) is 5.23. The van der Waals surface area contributed by atoms with Crippen LogP contribution in [0.5, 0.6) is 0 Å². The van der Waals surface area contributed by atoms with E-state index >= 15 is 0 Å². The molecule has 1 heterocycles. The van der Waals surface area contributed by atoms with E-state index in [4.69, 9.17) is 10.5 Å². The Kier molecular flexibility index (Phi) is 3.61. The van der Waals surface area contributed by atoms with E-state index in [1.165, 1.54) is 18.4 Å². The predicted molar refractivity (Wildman–Crippen MR) is 74.9 cm³/mol. The molecule has 3 heteroatoms. The van der Waals surface area contributed by atoms with Crippen LogP contribution in [0, 0.1) is 5.92 Å². The molecule has 104 valence electrons. The fourth-order valence-electron chi connectivity index (χ4n) is 3.10. The number of benzene rings is 1. The predicted octanol–water partition coefficient (Wildman–Crippen LogP) is 2.14. The molecule has 2 aliphatic rings. The second-order valence-electron chi connectivity index (χ2n) is 6.00. The molecule has 3 rings (SSSR count). The molecule has 0 spiro atoms. The monoisotopic (exact) mass is 261 g/mol. The highest BCUT2D eigenvalue weighted by Crippen LogP contribution is 2.47. The molecular weight excluding hydrogens is 238 g/mol. The molecule has 2 fully saturated rings. The lowest BCUT2D eigenvalue weighted by molar-refractivity contribution is 0.00718. The lowest BCUT2D eigenvalue weighted by atomic mass is 9.87. The van der Waals surface area contributed by atoms with Crippen LogP contribution in [0.4, 0.5) is 0 Å². The highest BCUT2D eigenvalue weighted by molar-refractivity contribution is 5.35. The van der Waals surface area contributed by atoms with Crippen molar-refractivity contribution >= 4 is 0 Å². The third-order valence-electron chi connectivity index (χ3n) is 4.82. The summed E-state index contributed by atoms with van der Waals surface area (Å²) in [5, 5.41) is 10.4. The summed E-state index contributed by atoms with van der Waals surface area (Å²) in [5.41, 5.74) is 8.45. The average molecular weight is 261 g/mol. The molecular formula is C16H23NO2. The van der Waals surface area contributed by atoms with Crippen molar-refractivity contribution in [3.8, 4) is 0 Å². The molecule has 1 aromatic carbocycles. The molecule has 3 N–H and O–H groups in total. The summed E-state index contributed by atoms with van der Waals surface area (Å²) in [6.07, 6.45) is 3.95. The van der Waals surface area contributed by atoms with E-state index in [2.05, 4.69) is 24.3 Å². The van der Waals surface area contributed by atoms with E-state index in [1.54, 1.807) is 0 Å². The molecule has 0 radical (unpaired) electrons. The van der Waals surface area contributed by atoms with Gasteiger partial charge in [0.25, 0.3) is 0 Å². The average Bonchev–Trinajstić information content (AvgIpc) is 3.29. The van der Waals surface area contributed by atoms with Crippen LogP contribution in [0.3, 0.4) is 0 Å². The molecule has 1 unspecified atom stereocenters. The Morgan fingerprint density at radius 2 is 1.84 bits per heavy atom. The molecule has 19 heavy (non-hydrogen) atoms.